The molecule has 29 heavy (non-hydrogen) atoms. The van der Waals surface area contributed by atoms with Crippen molar-refractivity contribution in [3.05, 3.63) is 65.5 Å². The van der Waals surface area contributed by atoms with Gasteiger partial charge in [-0.1, -0.05) is 13.3 Å². The predicted molar refractivity (Wildman–Crippen MR) is 101 cm³/mol. The highest BCUT2D eigenvalue weighted by molar-refractivity contribution is 6.22. The number of fused-ring (bicyclic) bond motifs is 1. The van der Waals surface area contributed by atoms with E-state index in [-0.39, 0.29) is 22.9 Å². The number of rotatable bonds is 6. The van der Waals surface area contributed by atoms with Crippen LogP contribution < -0.4 is 4.74 Å². The molecular weight excluding hydrogens is 374 g/mol. The minimum Gasteiger partial charge on any atom is -0.423 e. The fourth-order valence-corrected chi connectivity index (χ4v) is 3.07. The number of hydrogen-bond acceptors (Lipinski definition) is 7. The van der Waals surface area contributed by atoms with Crippen LogP contribution in [0.4, 0.5) is 0 Å². The van der Waals surface area contributed by atoms with Crippen molar-refractivity contribution in [1.29, 1.82) is 0 Å². The topological polar surface area (TPSA) is 103 Å². The second kappa shape index (κ2) is 7.67. The van der Waals surface area contributed by atoms with Gasteiger partial charge in [0, 0.05) is 12.1 Å². The summed E-state index contributed by atoms with van der Waals surface area (Å²) in [4.78, 5) is 38.6. The van der Waals surface area contributed by atoms with Gasteiger partial charge in [-0.05, 0) is 48.9 Å². The highest BCUT2D eigenvalue weighted by Gasteiger charge is 2.35. The van der Waals surface area contributed by atoms with Gasteiger partial charge in [-0.3, -0.25) is 14.5 Å². The van der Waals surface area contributed by atoms with E-state index >= 15 is 0 Å². The van der Waals surface area contributed by atoms with Crippen LogP contribution in [0.2, 0.25) is 0 Å². The summed E-state index contributed by atoms with van der Waals surface area (Å²) in [5.41, 5.74) is 1.43. The number of aromatic nitrogens is 2. The fraction of sp³-hybridized carbons (Fsp3) is 0.190. The van der Waals surface area contributed by atoms with E-state index in [1.807, 2.05) is 6.92 Å². The first-order valence-corrected chi connectivity index (χ1v) is 9.17. The van der Waals surface area contributed by atoms with E-state index in [4.69, 9.17) is 9.15 Å². The van der Waals surface area contributed by atoms with Crippen molar-refractivity contribution < 1.29 is 23.5 Å². The van der Waals surface area contributed by atoms with Crippen LogP contribution in [-0.2, 0) is 0 Å². The molecule has 2 aromatic carbocycles. The standard InChI is InChI=1S/C21H17N3O5/c1-2-3-10-24-19(25)16-9-6-14(11-17(16)20(24)26)21(27)29-15-7-4-13(5-8-15)18-23-22-12-28-18/h4-9,11-12H,2-3,10H2,1H3. The van der Waals surface area contributed by atoms with E-state index < -0.39 is 5.97 Å². The number of imide groups is 1. The molecular formula is C21H17N3O5. The summed E-state index contributed by atoms with van der Waals surface area (Å²) in [7, 11) is 0. The Morgan fingerprint density at radius 3 is 2.52 bits per heavy atom. The van der Waals surface area contributed by atoms with E-state index in [1.165, 1.54) is 29.5 Å². The second-order valence-corrected chi connectivity index (χ2v) is 6.53. The molecule has 146 valence electrons. The van der Waals surface area contributed by atoms with E-state index in [2.05, 4.69) is 10.2 Å². The zero-order valence-corrected chi connectivity index (χ0v) is 15.6. The Morgan fingerprint density at radius 2 is 1.83 bits per heavy atom. The molecule has 3 aromatic rings. The van der Waals surface area contributed by atoms with Crippen LogP contribution in [0.25, 0.3) is 11.5 Å². The van der Waals surface area contributed by atoms with E-state index in [0.29, 0.717) is 29.3 Å². The average molecular weight is 391 g/mol. The van der Waals surface area contributed by atoms with Crippen LogP contribution >= 0.6 is 0 Å². The lowest BCUT2D eigenvalue weighted by Gasteiger charge is -2.12. The van der Waals surface area contributed by atoms with Gasteiger partial charge in [0.15, 0.2) is 0 Å². The third-order valence-corrected chi connectivity index (χ3v) is 4.61. The smallest absolute Gasteiger partial charge is 0.343 e. The number of nitrogens with zero attached hydrogens (tertiary/aromatic N) is 3. The number of hydrogen-bond donors (Lipinski definition) is 0. The van der Waals surface area contributed by atoms with E-state index in [0.717, 1.165) is 12.8 Å². The van der Waals surface area contributed by atoms with Crippen molar-refractivity contribution in [2.75, 3.05) is 6.54 Å². The molecule has 4 rings (SSSR count). The summed E-state index contributed by atoms with van der Waals surface area (Å²) in [6.07, 6.45) is 2.84. The molecule has 0 spiro atoms. The zero-order chi connectivity index (χ0) is 20.4. The number of amides is 2. The van der Waals surface area contributed by atoms with Gasteiger partial charge in [-0.25, -0.2) is 4.79 Å². The molecule has 0 saturated heterocycles. The maximum absolute atomic E-state index is 12.5. The SMILES string of the molecule is CCCCN1C(=O)c2ccc(C(=O)Oc3ccc(-c4nnco4)cc3)cc2C1=O. The van der Waals surface area contributed by atoms with Crippen LogP contribution in [-0.4, -0.2) is 39.4 Å². The van der Waals surface area contributed by atoms with Crippen LogP contribution in [0.15, 0.2) is 53.3 Å². The summed E-state index contributed by atoms with van der Waals surface area (Å²) in [6, 6.07) is 11.0. The molecule has 1 aliphatic heterocycles. The molecule has 0 atom stereocenters. The van der Waals surface area contributed by atoms with Gasteiger partial charge >= 0.3 is 5.97 Å². The molecule has 0 fully saturated rings. The molecule has 0 N–H and O–H groups in total. The summed E-state index contributed by atoms with van der Waals surface area (Å²) in [5, 5.41) is 7.42. The molecule has 0 radical (unpaired) electrons. The van der Waals surface area contributed by atoms with Crippen LogP contribution in [0.3, 0.4) is 0 Å². The van der Waals surface area contributed by atoms with Gasteiger partial charge in [-0.2, -0.15) is 0 Å². The third-order valence-electron chi connectivity index (χ3n) is 4.61. The number of ether oxygens (including phenoxy) is 1. The molecule has 0 bridgehead atoms. The Hall–Kier alpha value is -3.81. The van der Waals surface area contributed by atoms with Crippen LogP contribution in [0, 0.1) is 0 Å². The molecule has 0 unspecified atom stereocenters. The fourth-order valence-electron chi connectivity index (χ4n) is 3.07. The molecule has 2 heterocycles. The first-order valence-electron chi connectivity index (χ1n) is 9.17. The van der Waals surface area contributed by atoms with Crippen molar-refractivity contribution in [3.8, 4) is 17.2 Å². The quantitative estimate of drug-likeness (QED) is 0.361. The molecule has 8 heteroatoms. The maximum Gasteiger partial charge on any atom is 0.343 e. The minimum atomic E-state index is -0.620. The summed E-state index contributed by atoms with van der Waals surface area (Å²) in [5.74, 6) is -0.638. The Bertz CT molecular complexity index is 1070. The van der Waals surface area contributed by atoms with Crippen LogP contribution in [0.1, 0.15) is 50.8 Å². The lowest BCUT2D eigenvalue weighted by Crippen LogP contribution is -2.30. The lowest BCUT2D eigenvalue weighted by molar-refractivity contribution is 0.0651. The number of esters is 1. The van der Waals surface area contributed by atoms with Crippen LogP contribution in [0.5, 0.6) is 5.75 Å². The predicted octanol–water partition coefficient (Wildman–Crippen LogP) is 3.35. The van der Waals surface area contributed by atoms with E-state index in [9.17, 15) is 14.4 Å². The van der Waals surface area contributed by atoms with Crippen molar-refractivity contribution in [3.63, 3.8) is 0 Å². The Labute approximate surface area is 166 Å². The van der Waals surface area contributed by atoms with Gasteiger partial charge in [0.05, 0.1) is 16.7 Å². The van der Waals surface area contributed by atoms with Gasteiger partial charge in [0.25, 0.3) is 11.8 Å². The van der Waals surface area contributed by atoms with Gasteiger partial charge in [0.1, 0.15) is 5.75 Å². The highest BCUT2D eigenvalue weighted by atomic mass is 16.5. The average Bonchev–Trinajstić information content (AvgIpc) is 3.35. The van der Waals surface area contributed by atoms with Crippen molar-refractivity contribution in [2.45, 2.75) is 19.8 Å². The monoisotopic (exact) mass is 391 g/mol. The lowest BCUT2D eigenvalue weighted by atomic mass is 10.1. The number of unbranched alkanes of at least 4 members (excludes halogenated alkanes) is 1. The number of carbonyl (C=O) groups is 3. The minimum absolute atomic E-state index is 0.197. The number of carbonyl (C=O) groups excluding carboxylic acids is 3. The normalized spacial score (nSPS) is 12.9. The molecule has 2 amide bonds. The Morgan fingerprint density at radius 1 is 1.07 bits per heavy atom. The van der Waals surface area contributed by atoms with Crippen molar-refractivity contribution >= 4 is 17.8 Å². The second-order valence-electron chi connectivity index (χ2n) is 6.53. The van der Waals surface area contributed by atoms with Gasteiger partial charge < -0.3 is 9.15 Å². The largest absolute Gasteiger partial charge is 0.423 e. The zero-order valence-electron chi connectivity index (χ0n) is 15.6. The molecule has 8 nitrogen and oxygen atoms in total. The Balaban J connectivity index is 1.50. The molecule has 0 saturated carbocycles. The summed E-state index contributed by atoms with van der Waals surface area (Å²) < 4.78 is 10.5. The molecule has 1 aromatic heterocycles. The third kappa shape index (κ3) is 3.52. The number of benzene rings is 2. The van der Waals surface area contributed by atoms with Gasteiger partial charge in [-0.15, -0.1) is 10.2 Å². The van der Waals surface area contributed by atoms with Crippen molar-refractivity contribution in [1.82, 2.24) is 15.1 Å². The first kappa shape index (κ1) is 18.5. The summed E-state index contributed by atoms with van der Waals surface area (Å²) in [6.45, 7) is 2.36. The van der Waals surface area contributed by atoms with Gasteiger partial charge in [0.2, 0.25) is 12.3 Å². The first-order chi connectivity index (χ1) is 14.1. The molecule has 0 aliphatic carbocycles. The van der Waals surface area contributed by atoms with E-state index in [1.54, 1.807) is 24.3 Å². The Kier molecular flexibility index (Phi) is 4.90. The molecule has 1 aliphatic rings. The maximum atomic E-state index is 12.5. The highest BCUT2D eigenvalue weighted by Crippen LogP contribution is 2.26. The summed E-state index contributed by atoms with van der Waals surface area (Å²) >= 11 is 0. The van der Waals surface area contributed by atoms with Crippen molar-refractivity contribution in [2.24, 2.45) is 0 Å².